The zero-order valence-corrected chi connectivity index (χ0v) is 18.0. The Hall–Kier alpha value is -3.92. The Kier molecular flexibility index (Phi) is 5.42. The number of carbonyl (C=O) groups is 1. The van der Waals surface area contributed by atoms with Crippen LogP contribution in [0.5, 0.6) is 5.75 Å². The number of benzene rings is 3. The molecule has 0 amide bonds. The Morgan fingerprint density at radius 2 is 1.78 bits per heavy atom. The molecule has 0 unspecified atom stereocenters. The van der Waals surface area contributed by atoms with Crippen molar-refractivity contribution in [3.8, 4) is 17.1 Å². The number of hydrogen-bond acceptors (Lipinski definition) is 3. The molecule has 0 aliphatic rings. The molecule has 0 aliphatic carbocycles. The number of aromatic nitrogens is 2. The lowest BCUT2D eigenvalue weighted by atomic mass is 10.0. The van der Waals surface area contributed by atoms with Gasteiger partial charge in [-0.15, -0.1) is 0 Å². The molecule has 5 aromatic rings. The van der Waals surface area contributed by atoms with E-state index in [2.05, 4.69) is 35.1 Å². The standard InChI is InChI=1S/C28H24N2O2/c1-19-12-15-25-24(17-19)23(28(30-25)26-10-4-5-16-29-26)9-6-11-27(31)32-22-14-13-20-7-2-3-8-21(20)18-22/h2-5,7-8,10,12-18,30H,6,9,11H2,1H3. The van der Waals surface area contributed by atoms with Gasteiger partial charge in [-0.25, -0.2) is 0 Å². The monoisotopic (exact) mass is 420 g/mol. The van der Waals surface area contributed by atoms with Crippen LogP contribution in [0.3, 0.4) is 0 Å². The van der Waals surface area contributed by atoms with E-state index in [1.165, 1.54) is 16.5 Å². The van der Waals surface area contributed by atoms with Crippen LogP contribution in [0.1, 0.15) is 24.0 Å². The topological polar surface area (TPSA) is 55.0 Å². The Morgan fingerprint density at radius 3 is 2.62 bits per heavy atom. The fraction of sp³-hybridized carbons (Fsp3) is 0.143. The minimum atomic E-state index is -0.212. The van der Waals surface area contributed by atoms with Crippen molar-refractivity contribution >= 4 is 27.6 Å². The molecule has 1 N–H and O–H groups in total. The zero-order chi connectivity index (χ0) is 21.9. The maximum atomic E-state index is 12.5. The number of nitrogens with one attached hydrogen (secondary N) is 1. The first-order chi connectivity index (χ1) is 15.7. The van der Waals surface area contributed by atoms with Crippen molar-refractivity contribution in [2.45, 2.75) is 26.2 Å². The molecule has 0 radical (unpaired) electrons. The summed E-state index contributed by atoms with van der Waals surface area (Å²) in [6.07, 6.45) is 3.62. The first kappa shape index (κ1) is 20.0. The second kappa shape index (κ2) is 8.67. The van der Waals surface area contributed by atoms with E-state index >= 15 is 0 Å². The molecule has 0 spiro atoms. The molecule has 0 aliphatic heterocycles. The molecule has 0 atom stereocenters. The van der Waals surface area contributed by atoms with E-state index in [1.807, 2.05) is 60.7 Å². The number of hydrogen-bond donors (Lipinski definition) is 1. The van der Waals surface area contributed by atoms with Crippen LogP contribution in [0.25, 0.3) is 33.1 Å². The van der Waals surface area contributed by atoms with Gasteiger partial charge in [0, 0.05) is 23.5 Å². The average Bonchev–Trinajstić information content (AvgIpc) is 3.17. The van der Waals surface area contributed by atoms with Crippen LogP contribution in [-0.4, -0.2) is 15.9 Å². The predicted octanol–water partition coefficient (Wildman–Crippen LogP) is 6.62. The largest absolute Gasteiger partial charge is 0.427 e. The molecule has 0 saturated carbocycles. The highest BCUT2D eigenvalue weighted by Gasteiger charge is 2.15. The van der Waals surface area contributed by atoms with Gasteiger partial charge in [-0.3, -0.25) is 9.78 Å². The van der Waals surface area contributed by atoms with Crippen LogP contribution in [-0.2, 0) is 11.2 Å². The van der Waals surface area contributed by atoms with Crippen molar-refractivity contribution in [1.29, 1.82) is 0 Å². The Bertz CT molecular complexity index is 1400. The van der Waals surface area contributed by atoms with Crippen LogP contribution >= 0.6 is 0 Å². The summed E-state index contributed by atoms with van der Waals surface area (Å²) < 4.78 is 5.60. The summed E-state index contributed by atoms with van der Waals surface area (Å²) in [5.41, 5.74) is 5.43. The number of ether oxygens (including phenoxy) is 1. The van der Waals surface area contributed by atoms with Gasteiger partial charge >= 0.3 is 5.97 Å². The number of nitrogens with zero attached hydrogens (tertiary/aromatic N) is 1. The summed E-state index contributed by atoms with van der Waals surface area (Å²) in [6, 6.07) is 26.1. The number of fused-ring (bicyclic) bond motifs is 2. The minimum absolute atomic E-state index is 0.212. The number of aryl methyl sites for hydroxylation is 2. The van der Waals surface area contributed by atoms with Gasteiger partial charge in [0.25, 0.3) is 0 Å². The predicted molar refractivity (Wildman–Crippen MR) is 129 cm³/mol. The number of rotatable bonds is 6. The molecule has 3 aromatic carbocycles. The Balaban J connectivity index is 1.32. The molecule has 4 heteroatoms. The van der Waals surface area contributed by atoms with Crippen molar-refractivity contribution in [2.24, 2.45) is 0 Å². The fourth-order valence-corrected chi connectivity index (χ4v) is 4.17. The van der Waals surface area contributed by atoms with Crippen molar-refractivity contribution in [1.82, 2.24) is 9.97 Å². The summed E-state index contributed by atoms with van der Waals surface area (Å²) in [6.45, 7) is 2.09. The molecule has 0 bridgehead atoms. The number of pyridine rings is 1. The molecule has 5 rings (SSSR count). The van der Waals surface area contributed by atoms with E-state index in [1.54, 1.807) is 6.20 Å². The highest BCUT2D eigenvalue weighted by Crippen LogP contribution is 2.31. The van der Waals surface area contributed by atoms with Crippen LogP contribution in [0, 0.1) is 6.92 Å². The van der Waals surface area contributed by atoms with Gasteiger partial charge in [-0.1, -0.05) is 48.0 Å². The summed E-state index contributed by atoms with van der Waals surface area (Å²) in [4.78, 5) is 20.6. The van der Waals surface area contributed by atoms with E-state index in [4.69, 9.17) is 4.74 Å². The Labute approximate surface area is 186 Å². The van der Waals surface area contributed by atoms with E-state index in [-0.39, 0.29) is 5.97 Å². The third kappa shape index (κ3) is 4.12. The molecule has 0 saturated heterocycles. The normalized spacial score (nSPS) is 11.2. The van der Waals surface area contributed by atoms with Gasteiger partial charge in [0.2, 0.25) is 0 Å². The first-order valence-electron chi connectivity index (χ1n) is 10.9. The SMILES string of the molecule is Cc1ccc2[nH]c(-c3ccccn3)c(CCCC(=O)Oc3ccc4ccccc4c3)c2c1. The van der Waals surface area contributed by atoms with Crippen LogP contribution in [0.15, 0.2) is 85.1 Å². The molecule has 2 aromatic heterocycles. The minimum Gasteiger partial charge on any atom is -0.427 e. The molecule has 4 nitrogen and oxygen atoms in total. The van der Waals surface area contributed by atoms with Crippen molar-refractivity contribution in [3.63, 3.8) is 0 Å². The molecular formula is C28H24N2O2. The molecule has 32 heavy (non-hydrogen) atoms. The maximum Gasteiger partial charge on any atom is 0.311 e. The van der Waals surface area contributed by atoms with Crippen molar-refractivity contribution in [3.05, 3.63) is 96.2 Å². The molecule has 2 heterocycles. The van der Waals surface area contributed by atoms with Gasteiger partial charge < -0.3 is 9.72 Å². The van der Waals surface area contributed by atoms with E-state index in [9.17, 15) is 4.79 Å². The van der Waals surface area contributed by atoms with Crippen LogP contribution in [0.4, 0.5) is 0 Å². The smallest absolute Gasteiger partial charge is 0.311 e. The lowest BCUT2D eigenvalue weighted by Gasteiger charge is -2.07. The van der Waals surface area contributed by atoms with Crippen molar-refractivity contribution < 1.29 is 9.53 Å². The summed E-state index contributed by atoms with van der Waals surface area (Å²) in [5, 5.41) is 3.38. The number of aromatic amines is 1. The summed E-state index contributed by atoms with van der Waals surface area (Å²) in [5.74, 6) is 0.376. The van der Waals surface area contributed by atoms with Gasteiger partial charge in [-0.2, -0.15) is 0 Å². The third-order valence-electron chi connectivity index (χ3n) is 5.74. The molecule has 0 fully saturated rings. The fourth-order valence-electron chi connectivity index (χ4n) is 4.17. The Morgan fingerprint density at radius 1 is 0.938 bits per heavy atom. The first-order valence-corrected chi connectivity index (χ1v) is 10.9. The van der Waals surface area contributed by atoms with Crippen LogP contribution < -0.4 is 4.74 Å². The third-order valence-corrected chi connectivity index (χ3v) is 5.74. The average molecular weight is 421 g/mol. The van der Waals surface area contributed by atoms with E-state index in [0.29, 0.717) is 18.6 Å². The lowest BCUT2D eigenvalue weighted by Crippen LogP contribution is -2.08. The molecular weight excluding hydrogens is 396 g/mol. The van der Waals surface area contributed by atoms with E-state index in [0.717, 1.165) is 34.1 Å². The van der Waals surface area contributed by atoms with Crippen molar-refractivity contribution in [2.75, 3.05) is 0 Å². The van der Waals surface area contributed by atoms with Crippen LogP contribution in [0.2, 0.25) is 0 Å². The second-order valence-electron chi connectivity index (χ2n) is 8.08. The van der Waals surface area contributed by atoms with Gasteiger partial charge in [0.05, 0.1) is 11.4 Å². The van der Waals surface area contributed by atoms with Gasteiger partial charge in [0.1, 0.15) is 5.75 Å². The van der Waals surface area contributed by atoms with E-state index < -0.39 is 0 Å². The highest BCUT2D eigenvalue weighted by molar-refractivity contribution is 5.91. The molecule has 158 valence electrons. The van der Waals surface area contributed by atoms with Gasteiger partial charge in [-0.05, 0) is 72.5 Å². The van der Waals surface area contributed by atoms with Gasteiger partial charge in [0.15, 0.2) is 0 Å². The second-order valence-corrected chi connectivity index (χ2v) is 8.08. The quantitative estimate of drug-likeness (QED) is 0.248. The highest BCUT2D eigenvalue weighted by atomic mass is 16.5. The lowest BCUT2D eigenvalue weighted by molar-refractivity contribution is -0.134. The number of carbonyl (C=O) groups excluding carboxylic acids is 1. The summed E-state index contributed by atoms with van der Waals surface area (Å²) in [7, 11) is 0. The maximum absolute atomic E-state index is 12.5. The summed E-state index contributed by atoms with van der Waals surface area (Å²) >= 11 is 0. The zero-order valence-electron chi connectivity index (χ0n) is 18.0. The number of H-pyrrole nitrogens is 1. The number of esters is 1.